The molecule has 4 aromatic rings. The molecule has 0 aliphatic carbocycles. The van der Waals surface area contributed by atoms with E-state index in [1.807, 2.05) is 36.4 Å². The van der Waals surface area contributed by atoms with Crippen LogP contribution in [0, 0.1) is 5.41 Å². The van der Waals surface area contributed by atoms with Gasteiger partial charge in [-0.1, -0.05) is 54.1 Å². The number of benzene rings is 3. The van der Waals surface area contributed by atoms with Gasteiger partial charge in [-0.05, 0) is 48.4 Å². The molecule has 200 valence electrons. The first kappa shape index (κ1) is 27.7. The van der Waals surface area contributed by atoms with Gasteiger partial charge in [-0.25, -0.2) is 0 Å². The molecule has 0 atom stereocenters. The molecular formula is C29H24ClF3N4O2. The fourth-order valence-corrected chi connectivity index (χ4v) is 3.93. The molecule has 0 saturated heterocycles. The molecule has 0 radical (unpaired) electrons. The van der Waals surface area contributed by atoms with Crippen molar-refractivity contribution >= 4 is 29.0 Å². The number of nitrogens with one attached hydrogen (secondary N) is 3. The van der Waals surface area contributed by atoms with Crippen LogP contribution in [0.1, 0.15) is 28.8 Å². The van der Waals surface area contributed by atoms with E-state index in [4.69, 9.17) is 21.7 Å². The van der Waals surface area contributed by atoms with Crippen LogP contribution in [0.3, 0.4) is 0 Å². The van der Waals surface area contributed by atoms with Gasteiger partial charge in [0.2, 0.25) is 5.91 Å². The quantitative estimate of drug-likeness (QED) is 0.151. The standard InChI is InChI=1S/C29H24ClF3N4O2/c30-26-11-10-21(17-25(26)29(31,32)33)37-27(38)12-9-19-5-4-8-23(15-19)39-24-13-14-35-22(16-24)18-36-28(34)20-6-2-1-3-7-20/h1-8,10-11,13-17H,9,12,18H2,(H2,34,36)(H,37,38). The molecule has 0 spiro atoms. The normalized spacial score (nSPS) is 11.1. The Bertz CT molecular complexity index is 1460. The van der Waals surface area contributed by atoms with Gasteiger partial charge in [-0.3, -0.25) is 15.2 Å². The average Bonchev–Trinajstić information content (AvgIpc) is 2.92. The molecule has 4 rings (SSSR count). The van der Waals surface area contributed by atoms with E-state index in [0.29, 0.717) is 30.2 Å². The SMILES string of the molecule is N=C(NCc1cc(Oc2cccc(CCC(=O)Nc3ccc(Cl)c(C(F)(F)F)c3)c2)ccn1)c1ccccc1. The van der Waals surface area contributed by atoms with Crippen LogP contribution >= 0.6 is 11.6 Å². The first-order chi connectivity index (χ1) is 18.7. The Hall–Kier alpha value is -4.37. The summed E-state index contributed by atoms with van der Waals surface area (Å²) < 4.78 is 45.2. The van der Waals surface area contributed by atoms with E-state index >= 15 is 0 Å². The summed E-state index contributed by atoms with van der Waals surface area (Å²) in [7, 11) is 0. The van der Waals surface area contributed by atoms with E-state index in [2.05, 4.69) is 15.6 Å². The fourth-order valence-electron chi connectivity index (χ4n) is 3.70. The number of amidine groups is 1. The van der Waals surface area contributed by atoms with Crippen LogP contribution in [0.15, 0.2) is 91.1 Å². The highest BCUT2D eigenvalue weighted by Gasteiger charge is 2.33. The number of carbonyl (C=O) groups is 1. The van der Waals surface area contributed by atoms with Gasteiger partial charge in [-0.2, -0.15) is 13.2 Å². The summed E-state index contributed by atoms with van der Waals surface area (Å²) in [5, 5.41) is 13.3. The maximum absolute atomic E-state index is 13.1. The molecule has 39 heavy (non-hydrogen) atoms. The number of hydrogen-bond acceptors (Lipinski definition) is 4. The lowest BCUT2D eigenvalue weighted by molar-refractivity contribution is -0.137. The Labute approximate surface area is 228 Å². The Morgan fingerprint density at radius 2 is 1.72 bits per heavy atom. The third-order valence-corrected chi connectivity index (χ3v) is 5.96. The molecule has 0 aliphatic heterocycles. The summed E-state index contributed by atoms with van der Waals surface area (Å²) in [4.78, 5) is 16.7. The second kappa shape index (κ2) is 12.4. The number of amides is 1. The Kier molecular flexibility index (Phi) is 8.83. The number of ether oxygens (including phenoxy) is 1. The van der Waals surface area contributed by atoms with Gasteiger partial charge in [0, 0.05) is 29.9 Å². The second-order valence-corrected chi connectivity index (χ2v) is 8.97. The topological polar surface area (TPSA) is 87.1 Å². The second-order valence-electron chi connectivity index (χ2n) is 8.57. The van der Waals surface area contributed by atoms with Gasteiger partial charge in [0.15, 0.2) is 0 Å². The molecule has 10 heteroatoms. The number of aromatic nitrogens is 1. The molecule has 3 aromatic carbocycles. The minimum absolute atomic E-state index is 0.0238. The zero-order chi connectivity index (χ0) is 27.8. The van der Waals surface area contributed by atoms with E-state index < -0.39 is 22.7 Å². The van der Waals surface area contributed by atoms with Crippen molar-refractivity contribution in [2.45, 2.75) is 25.6 Å². The van der Waals surface area contributed by atoms with Crippen LogP contribution in [0.5, 0.6) is 11.5 Å². The maximum Gasteiger partial charge on any atom is 0.417 e. The zero-order valence-corrected chi connectivity index (χ0v) is 21.3. The molecule has 0 aliphatic rings. The molecule has 1 aromatic heterocycles. The number of anilines is 1. The summed E-state index contributed by atoms with van der Waals surface area (Å²) in [6.45, 7) is 0.345. The van der Waals surface area contributed by atoms with Crippen molar-refractivity contribution in [1.29, 1.82) is 5.41 Å². The van der Waals surface area contributed by atoms with Crippen molar-refractivity contribution in [3.8, 4) is 11.5 Å². The van der Waals surface area contributed by atoms with Crippen LogP contribution in [0.4, 0.5) is 18.9 Å². The van der Waals surface area contributed by atoms with Gasteiger partial charge >= 0.3 is 6.18 Å². The molecule has 6 nitrogen and oxygen atoms in total. The number of hydrogen-bond donors (Lipinski definition) is 3. The lowest BCUT2D eigenvalue weighted by atomic mass is 10.1. The average molecular weight is 553 g/mol. The molecule has 0 bridgehead atoms. The first-order valence-electron chi connectivity index (χ1n) is 11.9. The predicted molar refractivity (Wildman–Crippen MR) is 144 cm³/mol. The Morgan fingerprint density at radius 3 is 2.49 bits per heavy atom. The van der Waals surface area contributed by atoms with E-state index in [1.165, 1.54) is 6.07 Å². The molecule has 0 unspecified atom stereocenters. The predicted octanol–water partition coefficient (Wildman–Crippen LogP) is 7.23. The van der Waals surface area contributed by atoms with Crippen molar-refractivity contribution in [3.05, 3.63) is 119 Å². The van der Waals surface area contributed by atoms with Gasteiger partial charge in [0.1, 0.15) is 17.3 Å². The molecule has 3 N–H and O–H groups in total. The van der Waals surface area contributed by atoms with Gasteiger partial charge in [0.05, 0.1) is 22.8 Å². The number of alkyl halides is 3. The van der Waals surface area contributed by atoms with Crippen molar-refractivity contribution < 1.29 is 22.7 Å². The lowest BCUT2D eigenvalue weighted by Crippen LogP contribution is -2.23. The van der Waals surface area contributed by atoms with Crippen molar-refractivity contribution in [2.24, 2.45) is 0 Å². The van der Waals surface area contributed by atoms with E-state index in [-0.39, 0.29) is 17.9 Å². The van der Waals surface area contributed by atoms with Gasteiger partial charge < -0.3 is 15.4 Å². The number of halogens is 4. The van der Waals surface area contributed by atoms with E-state index in [1.54, 1.807) is 36.5 Å². The van der Waals surface area contributed by atoms with E-state index in [9.17, 15) is 18.0 Å². The number of rotatable bonds is 9. The fraction of sp³-hybridized carbons (Fsp3) is 0.138. The molecular weight excluding hydrogens is 529 g/mol. The third-order valence-electron chi connectivity index (χ3n) is 5.63. The monoisotopic (exact) mass is 552 g/mol. The number of carbonyl (C=O) groups excluding carboxylic acids is 1. The minimum atomic E-state index is -4.62. The van der Waals surface area contributed by atoms with Crippen LogP contribution in [0.25, 0.3) is 0 Å². The highest BCUT2D eigenvalue weighted by atomic mass is 35.5. The van der Waals surface area contributed by atoms with Gasteiger partial charge in [0.25, 0.3) is 0 Å². The van der Waals surface area contributed by atoms with Crippen LogP contribution < -0.4 is 15.4 Å². The van der Waals surface area contributed by atoms with Crippen molar-refractivity contribution in [3.63, 3.8) is 0 Å². The smallest absolute Gasteiger partial charge is 0.417 e. The lowest BCUT2D eigenvalue weighted by Gasteiger charge is -2.12. The summed E-state index contributed by atoms with van der Waals surface area (Å²) in [6, 6.07) is 23.3. The summed E-state index contributed by atoms with van der Waals surface area (Å²) in [5.41, 5.74) is 1.31. The number of aryl methyl sites for hydroxylation is 1. The third kappa shape index (κ3) is 8.05. The summed E-state index contributed by atoms with van der Waals surface area (Å²) >= 11 is 5.63. The van der Waals surface area contributed by atoms with Crippen LogP contribution in [-0.4, -0.2) is 16.7 Å². The number of nitrogens with zero attached hydrogens (tertiary/aromatic N) is 1. The van der Waals surface area contributed by atoms with E-state index in [0.717, 1.165) is 23.3 Å². The maximum atomic E-state index is 13.1. The number of pyridine rings is 1. The molecule has 1 amide bonds. The summed E-state index contributed by atoms with van der Waals surface area (Å²) in [5.74, 6) is 0.982. The highest BCUT2D eigenvalue weighted by Crippen LogP contribution is 2.36. The van der Waals surface area contributed by atoms with Crippen LogP contribution in [-0.2, 0) is 23.9 Å². The molecule has 0 saturated carbocycles. The Balaban J connectivity index is 1.31. The first-order valence-corrected chi connectivity index (χ1v) is 12.3. The summed E-state index contributed by atoms with van der Waals surface area (Å²) in [6.07, 6.45) is -2.58. The molecule has 1 heterocycles. The van der Waals surface area contributed by atoms with Crippen molar-refractivity contribution in [1.82, 2.24) is 10.3 Å². The minimum Gasteiger partial charge on any atom is -0.457 e. The Morgan fingerprint density at radius 1 is 0.949 bits per heavy atom. The van der Waals surface area contributed by atoms with Crippen molar-refractivity contribution in [2.75, 3.05) is 5.32 Å². The largest absolute Gasteiger partial charge is 0.457 e. The van der Waals surface area contributed by atoms with Gasteiger partial charge in [-0.15, -0.1) is 0 Å². The van der Waals surface area contributed by atoms with Crippen LogP contribution in [0.2, 0.25) is 5.02 Å². The highest BCUT2D eigenvalue weighted by molar-refractivity contribution is 6.31. The molecule has 0 fully saturated rings. The zero-order valence-electron chi connectivity index (χ0n) is 20.6.